The minimum absolute atomic E-state index is 0.0565. The van der Waals surface area contributed by atoms with Crippen molar-refractivity contribution >= 4 is 17.4 Å². The van der Waals surface area contributed by atoms with Crippen molar-refractivity contribution < 1.29 is 9.53 Å². The maximum absolute atomic E-state index is 12.4. The van der Waals surface area contributed by atoms with Crippen molar-refractivity contribution in [2.75, 3.05) is 43.5 Å². The van der Waals surface area contributed by atoms with E-state index in [1.807, 2.05) is 41.3 Å². The van der Waals surface area contributed by atoms with Crippen molar-refractivity contribution in [3.63, 3.8) is 0 Å². The number of rotatable bonds is 4. The van der Waals surface area contributed by atoms with Gasteiger partial charge in [0.2, 0.25) is 0 Å². The summed E-state index contributed by atoms with van der Waals surface area (Å²) >= 11 is 0. The lowest BCUT2D eigenvalue weighted by Gasteiger charge is -2.36. The third-order valence-corrected chi connectivity index (χ3v) is 4.08. The molecule has 1 aliphatic heterocycles. The summed E-state index contributed by atoms with van der Waals surface area (Å²) in [5.41, 5.74) is 2.99. The number of nitrogens with zero attached hydrogens (tertiary/aromatic N) is 3. The van der Waals surface area contributed by atoms with Gasteiger partial charge in [-0.25, -0.2) is 4.79 Å². The molecule has 6 heteroatoms. The molecule has 126 valence electrons. The van der Waals surface area contributed by atoms with E-state index in [9.17, 15) is 4.79 Å². The fraction of sp³-hybridized carbons (Fsp3) is 0.333. The van der Waals surface area contributed by atoms with Gasteiger partial charge in [-0.15, -0.1) is 0 Å². The second-order valence-electron chi connectivity index (χ2n) is 5.74. The third kappa shape index (κ3) is 4.02. The summed E-state index contributed by atoms with van der Waals surface area (Å²) in [6.45, 7) is 3.58. The van der Waals surface area contributed by atoms with Gasteiger partial charge in [0.25, 0.3) is 0 Å². The smallest absolute Gasteiger partial charge is 0.321 e. The summed E-state index contributed by atoms with van der Waals surface area (Å²) in [6, 6.07) is 11.7. The fourth-order valence-electron chi connectivity index (χ4n) is 2.83. The van der Waals surface area contributed by atoms with Crippen LogP contribution >= 0.6 is 0 Å². The number of anilines is 2. The van der Waals surface area contributed by atoms with E-state index in [1.54, 1.807) is 19.5 Å². The Kier molecular flexibility index (Phi) is 5.28. The van der Waals surface area contributed by atoms with Crippen LogP contribution in [0.15, 0.2) is 48.8 Å². The Labute approximate surface area is 142 Å². The average Bonchev–Trinajstić information content (AvgIpc) is 2.63. The number of aromatic nitrogens is 1. The summed E-state index contributed by atoms with van der Waals surface area (Å²) in [6.07, 6.45) is 3.59. The Morgan fingerprint density at radius 2 is 1.92 bits per heavy atom. The van der Waals surface area contributed by atoms with Crippen LogP contribution in [0.25, 0.3) is 0 Å². The quantitative estimate of drug-likeness (QED) is 0.938. The molecule has 0 unspecified atom stereocenters. The number of hydrogen-bond acceptors (Lipinski definition) is 4. The molecule has 24 heavy (non-hydrogen) atoms. The Bertz CT molecular complexity index is 670. The van der Waals surface area contributed by atoms with E-state index in [0.717, 1.165) is 30.0 Å². The van der Waals surface area contributed by atoms with Crippen LogP contribution in [0.5, 0.6) is 0 Å². The van der Waals surface area contributed by atoms with Crippen molar-refractivity contribution in [1.29, 1.82) is 0 Å². The van der Waals surface area contributed by atoms with Gasteiger partial charge in [-0.05, 0) is 29.8 Å². The number of ether oxygens (including phenoxy) is 1. The van der Waals surface area contributed by atoms with Crippen LogP contribution in [-0.2, 0) is 11.3 Å². The summed E-state index contributed by atoms with van der Waals surface area (Å²) in [5.74, 6) is 0. The molecule has 2 heterocycles. The Hall–Kier alpha value is -2.60. The first-order valence-electron chi connectivity index (χ1n) is 8.05. The van der Waals surface area contributed by atoms with Crippen LogP contribution in [0, 0.1) is 0 Å². The normalized spacial score (nSPS) is 14.5. The minimum atomic E-state index is -0.0565. The maximum Gasteiger partial charge on any atom is 0.321 e. The molecule has 1 aliphatic rings. The summed E-state index contributed by atoms with van der Waals surface area (Å²) in [5, 5.41) is 2.97. The number of nitrogens with one attached hydrogen (secondary N) is 1. The van der Waals surface area contributed by atoms with Gasteiger partial charge in [-0.2, -0.15) is 0 Å². The number of amides is 2. The molecule has 2 amide bonds. The van der Waals surface area contributed by atoms with Crippen molar-refractivity contribution in [1.82, 2.24) is 9.88 Å². The van der Waals surface area contributed by atoms with Gasteiger partial charge in [0.05, 0.1) is 6.61 Å². The number of methoxy groups -OCH3 is 1. The zero-order chi connectivity index (χ0) is 16.8. The van der Waals surface area contributed by atoms with E-state index in [-0.39, 0.29) is 6.03 Å². The largest absolute Gasteiger partial charge is 0.380 e. The van der Waals surface area contributed by atoms with Gasteiger partial charge >= 0.3 is 6.03 Å². The van der Waals surface area contributed by atoms with Crippen molar-refractivity contribution in [2.24, 2.45) is 0 Å². The lowest BCUT2D eigenvalue weighted by Crippen LogP contribution is -2.50. The number of hydrogen-bond donors (Lipinski definition) is 1. The molecule has 6 nitrogen and oxygen atoms in total. The highest BCUT2D eigenvalue weighted by Gasteiger charge is 2.21. The van der Waals surface area contributed by atoms with Gasteiger partial charge in [0.15, 0.2) is 0 Å². The zero-order valence-electron chi connectivity index (χ0n) is 13.8. The molecule has 0 saturated carbocycles. The SMILES string of the molecule is COCc1cccc(NC(=O)N2CCN(c3ccncc3)CC2)c1. The zero-order valence-corrected chi connectivity index (χ0v) is 13.8. The van der Waals surface area contributed by atoms with Gasteiger partial charge in [0, 0.05) is 57.1 Å². The molecule has 1 N–H and O–H groups in total. The molecule has 0 aliphatic carbocycles. The molecular weight excluding hydrogens is 304 g/mol. The molecule has 0 bridgehead atoms. The van der Waals surface area contributed by atoms with Gasteiger partial charge < -0.3 is 19.9 Å². The molecule has 3 rings (SSSR count). The molecular formula is C18H22N4O2. The predicted molar refractivity (Wildman–Crippen MR) is 94.2 cm³/mol. The van der Waals surface area contributed by atoms with E-state index >= 15 is 0 Å². The highest BCUT2D eigenvalue weighted by atomic mass is 16.5. The van der Waals surface area contributed by atoms with Gasteiger partial charge in [0.1, 0.15) is 0 Å². The molecule has 1 aromatic carbocycles. The number of carbonyl (C=O) groups excluding carboxylic acids is 1. The van der Waals surface area contributed by atoms with Crippen LogP contribution < -0.4 is 10.2 Å². The molecule has 1 aromatic heterocycles. The summed E-state index contributed by atoms with van der Waals surface area (Å²) in [7, 11) is 1.66. The van der Waals surface area contributed by atoms with Crippen LogP contribution in [0.2, 0.25) is 0 Å². The average molecular weight is 326 g/mol. The second-order valence-corrected chi connectivity index (χ2v) is 5.74. The van der Waals surface area contributed by atoms with E-state index < -0.39 is 0 Å². The summed E-state index contributed by atoms with van der Waals surface area (Å²) in [4.78, 5) is 20.6. The van der Waals surface area contributed by atoms with E-state index in [0.29, 0.717) is 19.7 Å². The maximum atomic E-state index is 12.4. The Morgan fingerprint density at radius 1 is 1.17 bits per heavy atom. The Morgan fingerprint density at radius 3 is 2.62 bits per heavy atom. The number of urea groups is 1. The number of carbonyl (C=O) groups is 1. The first kappa shape index (κ1) is 16.3. The van der Waals surface area contributed by atoms with Crippen LogP contribution in [0.3, 0.4) is 0 Å². The number of benzene rings is 1. The molecule has 0 radical (unpaired) electrons. The standard InChI is InChI=1S/C18H22N4O2/c1-24-14-15-3-2-4-16(13-15)20-18(23)22-11-9-21(10-12-22)17-5-7-19-8-6-17/h2-8,13H,9-12,14H2,1H3,(H,20,23). The van der Waals surface area contributed by atoms with Crippen LogP contribution in [-0.4, -0.2) is 49.2 Å². The second kappa shape index (κ2) is 7.79. The van der Waals surface area contributed by atoms with Gasteiger partial charge in [-0.1, -0.05) is 12.1 Å². The summed E-state index contributed by atoms with van der Waals surface area (Å²) < 4.78 is 5.12. The number of pyridine rings is 1. The van der Waals surface area contributed by atoms with Crippen LogP contribution in [0.4, 0.5) is 16.2 Å². The molecule has 1 saturated heterocycles. The first-order valence-corrected chi connectivity index (χ1v) is 8.05. The molecule has 0 spiro atoms. The van der Waals surface area contributed by atoms with Crippen molar-refractivity contribution in [3.8, 4) is 0 Å². The lowest BCUT2D eigenvalue weighted by atomic mass is 10.2. The topological polar surface area (TPSA) is 57.7 Å². The fourth-order valence-corrected chi connectivity index (χ4v) is 2.83. The van der Waals surface area contributed by atoms with E-state index in [2.05, 4.69) is 15.2 Å². The van der Waals surface area contributed by atoms with E-state index in [1.165, 1.54) is 0 Å². The molecule has 0 atom stereocenters. The molecule has 2 aromatic rings. The Balaban J connectivity index is 1.54. The van der Waals surface area contributed by atoms with Crippen molar-refractivity contribution in [2.45, 2.75) is 6.61 Å². The predicted octanol–water partition coefficient (Wildman–Crippen LogP) is 2.58. The monoisotopic (exact) mass is 326 g/mol. The number of piperazine rings is 1. The van der Waals surface area contributed by atoms with Gasteiger partial charge in [-0.3, -0.25) is 4.98 Å². The minimum Gasteiger partial charge on any atom is -0.380 e. The third-order valence-electron chi connectivity index (χ3n) is 4.08. The first-order chi connectivity index (χ1) is 11.8. The van der Waals surface area contributed by atoms with Crippen LogP contribution in [0.1, 0.15) is 5.56 Å². The lowest BCUT2D eigenvalue weighted by molar-refractivity contribution is 0.185. The highest BCUT2D eigenvalue weighted by molar-refractivity contribution is 5.89. The van der Waals surface area contributed by atoms with E-state index in [4.69, 9.17) is 4.74 Å². The highest BCUT2D eigenvalue weighted by Crippen LogP contribution is 2.16. The van der Waals surface area contributed by atoms with Crippen molar-refractivity contribution in [3.05, 3.63) is 54.4 Å². The molecule has 1 fully saturated rings.